The van der Waals surface area contributed by atoms with Gasteiger partial charge in [0.05, 0.1) is 44.5 Å². The molecule has 0 fully saturated rings. The molecular weight excluding hydrogens is 494 g/mol. The first-order valence-electron chi connectivity index (χ1n) is 10.7. The maximum absolute atomic E-state index is 5.42. The Labute approximate surface area is 210 Å². The lowest BCUT2D eigenvalue weighted by Gasteiger charge is -2.11. The maximum atomic E-state index is 5.42. The molecule has 12 heteroatoms. The van der Waals surface area contributed by atoms with Crippen LogP contribution in [0.4, 0.5) is 0 Å². The summed E-state index contributed by atoms with van der Waals surface area (Å²) < 4.78 is 11.1. The Bertz CT molecular complexity index is 1770. The monoisotopic (exact) mass is 507 g/mol. The van der Waals surface area contributed by atoms with Gasteiger partial charge in [-0.15, -0.1) is 16.4 Å². The zero-order valence-electron chi connectivity index (χ0n) is 18.2. The highest BCUT2D eigenvalue weighted by Crippen LogP contribution is 2.42. The minimum absolute atomic E-state index is 0.613. The number of nitrogens with one attached hydrogen (secondary N) is 1. The normalized spacial score (nSPS) is 11.3. The quantitative estimate of drug-likeness (QED) is 0.326. The van der Waals surface area contributed by atoms with E-state index >= 15 is 0 Å². The molecule has 10 nitrogen and oxygen atoms in total. The van der Waals surface area contributed by atoms with Crippen LogP contribution in [0.2, 0.25) is 0 Å². The third-order valence-electron chi connectivity index (χ3n) is 5.58. The van der Waals surface area contributed by atoms with Crippen LogP contribution in [-0.2, 0) is 0 Å². The summed E-state index contributed by atoms with van der Waals surface area (Å²) in [7, 11) is 0. The molecule has 1 aromatic carbocycles. The number of hydrogen-bond donors (Lipinski definition) is 1. The van der Waals surface area contributed by atoms with Crippen molar-refractivity contribution in [1.29, 1.82) is 0 Å². The predicted molar refractivity (Wildman–Crippen MR) is 136 cm³/mol. The number of para-hydroxylation sites is 1. The van der Waals surface area contributed by atoms with Gasteiger partial charge in [0.2, 0.25) is 0 Å². The molecule has 0 saturated carbocycles. The van der Waals surface area contributed by atoms with Crippen molar-refractivity contribution in [3.05, 3.63) is 72.8 Å². The molecule has 0 aliphatic carbocycles. The molecule has 0 saturated heterocycles. The van der Waals surface area contributed by atoms with E-state index in [0.29, 0.717) is 28.5 Å². The second-order valence-electron chi connectivity index (χ2n) is 7.66. The molecule has 0 bridgehead atoms. The molecule has 0 aliphatic rings. The minimum atomic E-state index is 0.613. The van der Waals surface area contributed by atoms with Gasteiger partial charge < -0.3 is 4.52 Å². The van der Waals surface area contributed by atoms with Crippen LogP contribution in [0.5, 0.6) is 0 Å². The third-order valence-corrected chi connectivity index (χ3v) is 7.21. The van der Waals surface area contributed by atoms with Gasteiger partial charge in [-0.05, 0) is 41.9 Å². The van der Waals surface area contributed by atoms with Crippen molar-refractivity contribution >= 4 is 33.1 Å². The molecule has 0 radical (unpaired) electrons. The number of benzene rings is 1. The summed E-state index contributed by atoms with van der Waals surface area (Å²) in [4.78, 5) is 13.9. The lowest BCUT2D eigenvalue weighted by Crippen LogP contribution is -1.99. The van der Waals surface area contributed by atoms with Crippen molar-refractivity contribution in [3.63, 3.8) is 0 Å². The lowest BCUT2D eigenvalue weighted by atomic mass is 10.00. The summed E-state index contributed by atoms with van der Waals surface area (Å²) in [6.07, 6.45) is 6.43. The molecular formula is C24H13N9OS2. The highest BCUT2D eigenvalue weighted by atomic mass is 32.1. The zero-order valence-corrected chi connectivity index (χ0v) is 19.9. The van der Waals surface area contributed by atoms with Crippen molar-refractivity contribution in [3.8, 4) is 55.9 Å². The first kappa shape index (κ1) is 20.7. The number of hydrogen-bond acceptors (Lipinski definition) is 11. The Kier molecular flexibility index (Phi) is 4.89. The Morgan fingerprint density at radius 2 is 1.83 bits per heavy atom. The summed E-state index contributed by atoms with van der Waals surface area (Å²) in [6, 6.07) is 13.6. The number of fused-ring (bicyclic) bond motifs is 1. The number of nitrogens with zero attached hydrogens (tertiary/aromatic N) is 8. The first-order chi connectivity index (χ1) is 17.9. The second-order valence-corrected chi connectivity index (χ2v) is 9.36. The summed E-state index contributed by atoms with van der Waals surface area (Å²) in [5, 5.41) is 22.7. The topological polar surface area (TPSA) is 132 Å². The van der Waals surface area contributed by atoms with E-state index in [1.54, 1.807) is 30.0 Å². The zero-order chi connectivity index (χ0) is 23.9. The van der Waals surface area contributed by atoms with Gasteiger partial charge in [-0.2, -0.15) is 14.6 Å². The Hall–Kier alpha value is -4.68. The van der Waals surface area contributed by atoms with E-state index in [2.05, 4.69) is 39.9 Å². The molecule has 36 heavy (non-hydrogen) atoms. The third kappa shape index (κ3) is 3.39. The SMILES string of the molecule is c1cnnc(-c2ncnc(-c3[nH]ncc3-c3nocc3-c3nc4ccccc4s3)c2-c2ccsn2)c1. The highest BCUT2D eigenvalue weighted by molar-refractivity contribution is 7.21. The molecule has 7 rings (SSSR count). The van der Waals surface area contributed by atoms with Gasteiger partial charge >= 0.3 is 0 Å². The number of aromatic amines is 1. The van der Waals surface area contributed by atoms with Gasteiger partial charge in [0, 0.05) is 11.6 Å². The number of thiazole rings is 1. The van der Waals surface area contributed by atoms with E-state index in [9.17, 15) is 0 Å². The van der Waals surface area contributed by atoms with Gasteiger partial charge in [-0.1, -0.05) is 17.3 Å². The lowest BCUT2D eigenvalue weighted by molar-refractivity contribution is 0.422. The molecule has 1 N–H and O–H groups in total. The Morgan fingerprint density at radius 1 is 0.889 bits per heavy atom. The number of aromatic nitrogens is 9. The van der Waals surface area contributed by atoms with E-state index in [1.807, 2.05) is 47.8 Å². The van der Waals surface area contributed by atoms with Gasteiger partial charge in [0.1, 0.15) is 40.4 Å². The second kappa shape index (κ2) is 8.52. The summed E-state index contributed by atoms with van der Waals surface area (Å²) in [5.41, 5.74) is 6.97. The van der Waals surface area contributed by atoms with Crippen molar-refractivity contribution in [2.45, 2.75) is 0 Å². The summed E-state index contributed by atoms with van der Waals surface area (Å²) >= 11 is 2.92. The maximum Gasteiger partial charge on any atom is 0.134 e. The molecule has 0 atom stereocenters. The summed E-state index contributed by atoms with van der Waals surface area (Å²) in [6.45, 7) is 0. The fourth-order valence-electron chi connectivity index (χ4n) is 4.00. The van der Waals surface area contributed by atoms with Crippen LogP contribution in [0, 0.1) is 0 Å². The average Bonchev–Trinajstić information content (AvgIpc) is 3.74. The molecule has 7 aromatic rings. The predicted octanol–water partition coefficient (Wildman–Crippen LogP) is 5.38. The molecule has 0 aliphatic heterocycles. The minimum Gasteiger partial charge on any atom is -0.363 e. The van der Waals surface area contributed by atoms with Crippen molar-refractivity contribution in [2.24, 2.45) is 0 Å². The number of rotatable bonds is 5. The van der Waals surface area contributed by atoms with Crippen molar-refractivity contribution in [2.75, 3.05) is 0 Å². The van der Waals surface area contributed by atoms with E-state index in [0.717, 1.165) is 37.6 Å². The fraction of sp³-hybridized carbons (Fsp3) is 0. The smallest absolute Gasteiger partial charge is 0.134 e. The average molecular weight is 508 g/mol. The standard InChI is InChI=1S/C24H13N9OS2/c1-2-6-18-15(4-1)29-24(36-18)14-11-34-32-20(14)13-10-28-31-21(13)23-19(16-7-9-35-33-16)22(25-12-26-23)17-5-3-8-27-30-17/h1-12H,(H,28,31). The van der Waals surface area contributed by atoms with Gasteiger partial charge in [0.15, 0.2) is 0 Å². The van der Waals surface area contributed by atoms with Crippen molar-refractivity contribution in [1.82, 2.24) is 44.9 Å². The van der Waals surface area contributed by atoms with E-state index in [1.165, 1.54) is 17.9 Å². The van der Waals surface area contributed by atoms with Crippen molar-refractivity contribution < 1.29 is 4.52 Å². The van der Waals surface area contributed by atoms with Crippen LogP contribution in [0.25, 0.3) is 66.1 Å². The van der Waals surface area contributed by atoms with Gasteiger partial charge in [0.25, 0.3) is 0 Å². The fourth-order valence-corrected chi connectivity index (χ4v) is 5.49. The molecule has 0 amide bonds. The van der Waals surface area contributed by atoms with Crippen LogP contribution in [0.1, 0.15) is 0 Å². The number of H-pyrrole nitrogens is 1. The van der Waals surface area contributed by atoms with Crippen LogP contribution in [-0.4, -0.2) is 44.9 Å². The molecule has 0 spiro atoms. The highest BCUT2D eigenvalue weighted by Gasteiger charge is 2.26. The Morgan fingerprint density at radius 3 is 2.69 bits per heavy atom. The van der Waals surface area contributed by atoms with Crippen LogP contribution in [0.3, 0.4) is 0 Å². The van der Waals surface area contributed by atoms with E-state index < -0.39 is 0 Å². The van der Waals surface area contributed by atoms with Gasteiger partial charge in [-0.25, -0.2) is 15.0 Å². The molecule has 0 unspecified atom stereocenters. The largest absolute Gasteiger partial charge is 0.363 e. The van der Waals surface area contributed by atoms with Crippen LogP contribution < -0.4 is 0 Å². The Balaban J connectivity index is 1.42. The molecule has 6 aromatic heterocycles. The molecule has 6 heterocycles. The van der Waals surface area contributed by atoms with Gasteiger partial charge in [-0.3, -0.25) is 5.10 Å². The first-order valence-corrected chi connectivity index (χ1v) is 12.4. The summed E-state index contributed by atoms with van der Waals surface area (Å²) in [5.74, 6) is 0. The van der Waals surface area contributed by atoms with Crippen LogP contribution >= 0.6 is 22.9 Å². The van der Waals surface area contributed by atoms with E-state index in [4.69, 9.17) is 9.51 Å². The molecule has 172 valence electrons. The van der Waals surface area contributed by atoms with E-state index in [-0.39, 0.29) is 0 Å². The van der Waals surface area contributed by atoms with Crippen LogP contribution in [0.15, 0.2) is 77.4 Å².